The summed E-state index contributed by atoms with van der Waals surface area (Å²) in [6.07, 6.45) is 1.59. The predicted molar refractivity (Wildman–Crippen MR) is 88.4 cm³/mol. The van der Waals surface area contributed by atoms with Crippen LogP contribution in [0.2, 0.25) is 5.02 Å². The first kappa shape index (κ1) is 15.8. The summed E-state index contributed by atoms with van der Waals surface area (Å²) in [4.78, 5) is 24.3. The van der Waals surface area contributed by atoms with Gasteiger partial charge in [-0.3, -0.25) is 9.59 Å². The molecule has 2 aromatic rings. The van der Waals surface area contributed by atoms with Crippen molar-refractivity contribution < 1.29 is 9.59 Å². The molecule has 0 heterocycles. The van der Waals surface area contributed by atoms with E-state index in [4.69, 9.17) is 11.6 Å². The van der Waals surface area contributed by atoms with E-state index in [-0.39, 0.29) is 11.8 Å². The third-order valence-corrected chi connectivity index (χ3v) is 3.15. The van der Waals surface area contributed by atoms with Gasteiger partial charge < -0.3 is 10.6 Å². The summed E-state index contributed by atoms with van der Waals surface area (Å²) in [7, 11) is 0. The van der Waals surface area contributed by atoms with Crippen molar-refractivity contribution in [1.82, 2.24) is 5.32 Å². The Morgan fingerprint density at radius 2 is 1.86 bits per heavy atom. The van der Waals surface area contributed by atoms with Crippen LogP contribution in [-0.4, -0.2) is 18.4 Å². The summed E-state index contributed by atoms with van der Waals surface area (Å²) in [6.45, 7) is 3.90. The lowest BCUT2D eigenvalue weighted by molar-refractivity contribution is 0.0959. The van der Waals surface area contributed by atoms with Crippen LogP contribution in [0.5, 0.6) is 0 Å². The predicted octanol–water partition coefficient (Wildman–Crippen LogP) is 3.51. The minimum absolute atomic E-state index is 0.276. The highest BCUT2D eigenvalue weighted by Crippen LogP contribution is 2.17. The van der Waals surface area contributed by atoms with Crippen LogP contribution in [0, 0.1) is 0 Å². The van der Waals surface area contributed by atoms with Crippen molar-refractivity contribution in [2.45, 2.75) is 0 Å². The van der Waals surface area contributed by atoms with Gasteiger partial charge in [-0.25, -0.2) is 0 Å². The lowest BCUT2D eigenvalue weighted by Gasteiger charge is -2.11. The van der Waals surface area contributed by atoms with Crippen LogP contribution in [0.15, 0.2) is 61.2 Å². The van der Waals surface area contributed by atoms with Crippen molar-refractivity contribution in [3.8, 4) is 0 Å². The van der Waals surface area contributed by atoms with Crippen molar-refractivity contribution in [2.75, 3.05) is 11.9 Å². The quantitative estimate of drug-likeness (QED) is 0.830. The van der Waals surface area contributed by atoms with Gasteiger partial charge in [0.1, 0.15) is 0 Å². The molecule has 0 fully saturated rings. The third-order valence-electron chi connectivity index (χ3n) is 2.91. The van der Waals surface area contributed by atoms with Gasteiger partial charge in [0.15, 0.2) is 0 Å². The number of para-hydroxylation sites is 1. The van der Waals surface area contributed by atoms with E-state index in [0.717, 1.165) is 0 Å². The second-order valence-electron chi connectivity index (χ2n) is 4.51. The fourth-order valence-electron chi connectivity index (χ4n) is 1.87. The normalized spacial score (nSPS) is 9.86. The molecule has 0 aliphatic carbocycles. The molecular formula is C17H15ClN2O2. The molecule has 0 aliphatic rings. The minimum Gasteiger partial charge on any atom is -0.349 e. The van der Waals surface area contributed by atoms with Crippen LogP contribution >= 0.6 is 11.6 Å². The molecule has 0 aromatic heterocycles. The summed E-state index contributed by atoms with van der Waals surface area (Å²) >= 11 is 5.88. The number of hydrogen-bond donors (Lipinski definition) is 2. The summed E-state index contributed by atoms with van der Waals surface area (Å²) in [5, 5.41) is 5.89. The van der Waals surface area contributed by atoms with Crippen LogP contribution in [0.4, 0.5) is 5.69 Å². The number of anilines is 1. The summed E-state index contributed by atoms with van der Waals surface area (Å²) < 4.78 is 0. The molecule has 2 amide bonds. The minimum atomic E-state index is -0.327. The largest absolute Gasteiger partial charge is 0.349 e. The van der Waals surface area contributed by atoms with E-state index >= 15 is 0 Å². The highest BCUT2D eigenvalue weighted by atomic mass is 35.5. The van der Waals surface area contributed by atoms with Crippen molar-refractivity contribution in [3.63, 3.8) is 0 Å². The number of amides is 2. The van der Waals surface area contributed by atoms with Gasteiger partial charge in [-0.15, -0.1) is 6.58 Å². The second-order valence-corrected chi connectivity index (χ2v) is 4.95. The SMILES string of the molecule is C=CCNC(=O)c1ccccc1NC(=O)c1cccc(Cl)c1. The van der Waals surface area contributed by atoms with Crippen LogP contribution in [0.1, 0.15) is 20.7 Å². The molecule has 0 unspecified atom stereocenters. The molecule has 2 N–H and O–H groups in total. The molecule has 4 nitrogen and oxygen atoms in total. The standard InChI is InChI=1S/C17H15ClN2O2/c1-2-10-19-17(22)14-8-3-4-9-15(14)20-16(21)12-6-5-7-13(18)11-12/h2-9,11H,1,10H2,(H,19,22)(H,20,21). The van der Waals surface area contributed by atoms with E-state index in [1.54, 1.807) is 54.6 Å². The van der Waals surface area contributed by atoms with Crippen LogP contribution in [0.25, 0.3) is 0 Å². The third kappa shape index (κ3) is 3.96. The van der Waals surface area contributed by atoms with Gasteiger partial charge in [0.2, 0.25) is 0 Å². The molecule has 0 saturated carbocycles. The molecule has 22 heavy (non-hydrogen) atoms. The molecule has 0 radical (unpaired) electrons. The maximum Gasteiger partial charge on any atom is 0.255 e. The zero-order chi connectivity index (χ0) is 15.9. The molecule has 2 aromatic carbocycles. The van der Waals surface area contributed by atoms with Gasteiger partial charge in [-0.2, -0.15) is 0 Å². The Kier molecular flexibility index (Phi) is 5.33. The van der Waals surface area contributed by atoms with Crippen molar-refractivity contribution in [2.24, 2.45) is 0 Å². The van der Waals surface area contributed by atoms with Crippen molar-refractivity contribution in [1.29, 1.82) is 0 Å². The number of rotatable bonds is 5. The number of benzene rings is 2. The monoisotopic (exact) mass is 314 g/mol. The smallest absolute Gasteiger partial charge is 0.255 e. The highest BCUT2D eigenvalue weighted by Gasteiger charge is 2.13. The number of carbonyl (C=O) groups excluding carboxylic acids is 2. The van der Waals surface area contributed by atoms with Crippen molar-refractivity contribution in [3.05, 3.63) is 77.3 Å². The Labute approximate surface area is 133 Å². The Morgan fingerprint density at radius 3 is 2.59 bits per heavy atom. The van der Waals surface area contributed by atoms with Gasteiger partial charge in [0, 0.05) is 17.1 Å². The molecule has 0 bridgehead atoms. The Balaban J connectivity index is 2.21. The lowest BCUT2D eigenvalue weighted by atomic mass is 10.1. The van der Waals surface area contributed by atoms with Crippen LogP contribution < -0.4 is 10.6 Å². The Morgan fingerprint density at radius 1 is 1.09 bits per heavy atom. The average molecular weight is 315 g/mol. The molecule has 2 rings (SSSR count). The maximum absolute atomic E-state index is 12.2. The number of hydrogen-bond acceptors (Lipinski definition) is 2. The fourth-order valence-corrected chi connectivity index (χ4v) is 2.06. The Bertz CT molecular complexity index is 713. The summed E-state index contributed by atoms with van der Waals surface area (Å²) in [5.41, 5.74) is 1.25. The van der Waals surface area contributed by atoms with E-state index in [1.807, 2.05) is 0 Å². The van der Waals surface area contributed by atoms with Gasteiger partial charge in [-0.1, -0.05) is 35.9 Å². The molecule has 0 spiro atoms. The molecule has 0 atom stereocenters. The first-order valence-electron chi connectivity index (χ1n) is 6.67. The topological polar surface area (TPSA) is 58.2 Å². The van der Waals surface area contributed by atoms with E-state index in [0.29, 0.717) is 28.4 Å². The molecule has 112 valence electrons. The fraction of sp³-hybridized carbons (Fsp3) is 0.0588. The average Bonchev–Trinajstić information content (AvgIpc) is 2.53. The van der Waals surface area contributed by atoms with Gasteiger partial charge in [-0.05, 0) is 30.3 Å². The lowest BCUT2D eigenvalue weighted by Crippen LogP contribution is -2.25. The zero-order valence-electron chi connectivity index (χ0n) is 11.8. The van der Waals surface area contributed by atoms with Crippen LogP contribution in [0.3, 0.4) is 0 Å². The van der Waals surface area contributed by atoms with E-state index in [1.165, 1.54) is 0 Å². The zero-order valence-corrected chi connectivity index (χ0v) is 12.6. The summed E-state index contributed by atoms with van der Waals surface area (Å²) in [6, 6.07) is 13.4. The second kappa shape index (κ2) is 7.43. The van der Waals surface area contributed by atoms with E-state index in [2.05, 4.69) is 17.2 Å². The number of halogens is 1. The van der Waals surface area contributed by atoms with Gasteiger partial charge in [0.05, 0.1) is 11.3 Å². The Hall–Kier alpha value is -2.59. The molecule has 5 heteroatoms. The molecular weight excluding hydrogens is 300 g/mol. The highest BCUT2D eigenvalue weighted by molar-refractivity contribution is 6.31. The van der Waals surface area contributed by atoms with E-state index in [9.17, 15) is 9.59 Å². The first-order chi connectivity index (χ1) is 10.6. The van der Waals surface area contributed by atoms with Crippen LogP contribution in [-0.2, 0) is 0 Å². The van der Waals surface area contributed by atoms with Crippen molar-refractivity contribution >= 4 is 29.1 Å². The van der Waals surface area contributed by atoms with E-state index < -0.39 is 0 Å². The first-order valence-corrected chi connectivity index (χ1v) is 7.04. The van der Waals surface area contributed by atoms with Gasteiger partial charge >= 0.3 is 0 Å². The maximum atomic E-state index is 12.2. The molecule has 0 saturated heterocycles. The number of carbonyl (C=O) groups is 2. The van der Waals surface area contributed by atoms with Gasteiger partial charge in [0.25, 0.3) is 11.8 Å². The molecule has 0 aliphatic heterocycles. The number of nitrogens with one attached hydrogen (secondary N) is 2. The summed E-state index contributed by atoms with van der Waals surface area (Å²) in [5.74, 6) is -0.603.